The van der Waals surface area contributed by atoms with Gasteiger partial charge in [0.15, 0.2) is 11.6 Å². The largest absolute Gasteiger partial charge is 0.207 e. The summed E-state index contributed by atoms with van der Waals surface area (Å²) in [7, 11) is 0. The fourth-order valence-electron chi connectivity index (χ4n) is 6.53. The molecule has 2 aromatic rings. The Labute approximate surface area is 204 Å². The van der Waals surface area contributed by atoms with Crippen molar-refractivity contribution in [1.82, 2.24) is 0 Å². The average Bonchev–Trinajstić information content (AvgIpc) is 2.86. The molecule has 2 fully saturated rings. The molecule has 2 saturated carbocycles. The first-order valence-electron chi connectivity index (χ1n) is 13.7. The standard InChI is InChI=1S/C31H41F3/c1-3-5-21-8-13-25(14-9-21)28-19-18-26(30(33)31(28)34)15-10-22-6-11-24(12-7-22)27-17-16-23(4-2)29(32)20-27/h16-22,24-25H,3-15H2,1-2H3. The molecule has 34 heavy (non-hydrogen) atoms. The van der Waals surface area contributed by atoms with Crippen LogP contribution in [0.1, 0.15) is 119 Å². The van der Waals surface area contributed by atoms with Crippen LogP contribution in [0.2, 0.25) is 0 Å². The Balaban J connectivity index is 1.29. The van der Waals surface area contributed by atoms with E-state index in [0.717, 1.165) is 81.3 Å². The molecule has 4 rings (SSSR count). The van der Waals surface area contributed by atoms with Crippen LogP contribution in [0.4, 0.5) is 13.2 Å². The van der Waals surface area contributed by atoms with Crippen molar-refractivity contribution in [1.29, 1.82) is 0 Å². The zero-order chi connectivity index (χ0) is 24.1. The van der Waals surface area contributed by atoms with E-state index in [-0.39, 0.29) is 11.7 Å². The second-order valence-electron chi connectivity index (χ2n) is 10.9. The van der Waals surface area contributed by atoms with Gasteiger partial charge in [-0.1, -0.05) is 51.0 Å². The number of benzene rings is 2. The van der Waals surface area contributed by atoms with Crippen molar-refractivity contribution in [2.45, 2.75) is 109 Å². The monoisotopic (exact) mass is 470 g/mol. The van der Waals surface area contributed by atoms with Gasteiger partial charge in [0.25, 0.3) is 0 Å². The molecule has 2 aliphatic rings. The summed E-state index contributed by atoms with van der Waals surface area (Å²) < 4.78 is 44.1. The van der Waals surface area contributed by atoms with Gasteiger partial charge in [0, 0.05) is 0 Å². The Hall–Kier alpha value is -1.77. The molecule has 2 aromatic carbocycles. The van der Waals surface area contributed by atoms with E-state index in [9.17, 15) is 13.2 Å². The maximum atomic E-state index is 15.0. The first-order valence-corrected chi connectivity index (χ1v) is 13.7. The molecule has 0 atom stereocenters. The Bertz CT molecular complexity index is 934. The Morgan fingerprint density at radius 3 is 1.91 bits per heavy atom. The van der Waals surface area contributed by atoms with Gasteiger partial charge in [-0.2, -0.15) is 0 Å². The van der Waals surface area contributed by atoms with E-state index in [4.69, 9.17) is 0 Å². The third-order valence-electron chi connectivity index (χ3n) is 8.77. The van der Waals surface area contributed by atoms with E-state index < -0.39 is 11.6 Å². The van der Waals surface area contributed by atoms with Crippen molar-refractivity contribution >= 4 is 0 Å². The van der Waals surface area contributed by atoms with Crippen molar-refractivity contribution in [3.8, 4) is 0 Å². The minimum Gasteiger partial charge on any atom is -0.207 e. The van der Waals surface area contributed by atoms with Gasteiger partial charge in [0.2, 0.25) is 0 Å². The lowest BCUT2D eigenvalue weighted by Crippen LogP contribution is -2.16. The van der Waals surface area contributed by atoms with Gasteiger partial charge < -0.3 is 0 Å². The van der Waals surface area contributed by atoms with Crippen LogP contribution in [0.25, 0.3) is 0 Å². The summed E-state index contributed by atoms with van der Waals surface area (Å²) in [5.74, 6) is 0.578. The summed E-state index contributed by atoms with van der Waals surface area (Å²) in [6.07, 6.45) is 13.2. The molecule has 186 valence electrons. The molecular formula is C31H41F3. The molecule has 0 bridgehead atoms. The maximum absolute atomic E-state index is 15.0. The van der Waals surface area contributed by atoms with Crippen LogP contribution in [0.3, 0.4) is 0 Å². The van der Waals surface area contributed by atoms with Gasteiger partial charge >= 0.3 is 0 Å². The summed E-state index contributed by atoms with van der Waals surface area (Å²) in [5.41, 5.74) is 3.01. The van der Waals surface area contributed by atoms with E-state index in [1.165, 1.54) is 12.8 Å². The van der Waals surface area contributed by atoms with Crippen LogP contribution in [0.15, 0.2) is 30.3 Å². The van der Waals surface area contributed by atoms with Gasteiger partial charge in [0.05, 0.1) is 0 Å². The normalized spacial score (nSPS) is 25.4. The number of halogens is 3. The predicted molar refractivity (Wildman–Crippen MR) is 135 cm³/mol. The number of aryl methyl sites for hydroxylation is 2. The third-order valence-corrected chi connectivity index (χ3v) is 8.77. The predicted octanol–water partition coefficient (Wildman–Crippen LogP) is 9.65. The second kappa shape index (κ2) is 11.8. The van der Waals surface area contributed by atoms with Crippen LogP contribution >= 0.6 is 0 Å². The highest BCUT2D eigenvalue weighted by molar-refractivity contribution is 5.30. The first kappa shape index (κ1) is 25.3. The van der Waals surface area contributed by atoms with E-state index in [0.29, 0.717) is 29.4 Å². The second-order valence-corrected chi connectivity index (χ2v) is 10.9. The molecule has 0 aromatic heterocycles. The highest BCUT2D eigenvalue weighted by atomic mass is 19.2. The third kappa shape index (κ3) is 5.89. The molecule has 0 N–H and O–H groups in total. The minimum atomic E-state index is -0.617. The fourth-order valence-corrected chi connectivity index (χ4v) is 6.53. The summed E-state index contributed by atoms with van der Waals surface area (Å²) in [4.78, 5) is 0. The Morgan fingerprint density at radius 2 is 1.29 bits per heavy atom. The number of rotatable bonds is 8. The minimum absolute atomic E-state index is 0.0860. The molecular weight excluding hydrogens is 429 g/mol. The molecule has 0 spiro atoms. The van der Waals surface area contributed by atoms with E-state index in [1.807, 2.05) is 25.1 Å². The van der Waals surface area contributed by atoms with Crippen LogP contribution < -0.4 is 0 Å². The molecule has 0 saturated heterocycles. The van der Waals surface area contributed by atoms with E-state index in [2.05, 4.69) is 13.0 Å². The molecule has 0 unspecified atom stereocenters. The molecule has 0 heterocycles. The summed E-state index contributed by atoms with van der Waals surface area (Å²) in [5, 5.41) is 0. The molecule has 0 amide bonds. The summed E-state index contributed by atoms with van der Waals surface area (Å²) >= 11 is 0. The molecule has 3 heteroatoms. The number of hydrogen-bond donors (Lipinski definition) is 0. The SMILES string of the molecule is CCCC1CCC(c2ccc(CCC3CCC(c4ccc(CC)c(F)c4)CC3)c(F)c2F)CC1. The van der Waals surface area contributed by atoms with E-state index >= 15 is 0 Å². The first-order chi connectivity index (χ1) is 16.5. The van der Waals surface area contributed by atoms with Crippen molar-refractivity contribution in [2.75, 3.05) is 0 Å². The molecule has 2 aliphatic carbocycles. The van der Waals surface area contributed by atoms with Gasteiger partial charge in [-0.25, -0.2) is 13.2 Å². The van der Waals surface area contributed by atoms with Crippen LogP contribution in [-0.2, 0) is 12.8 Å². The quantitative estimate of drug-likeness (QED) is 0.360. The molecule has 0 aliphatic heterocycles. The maximum Gasteiger partial charge on any atom is 0.162 e. The lowest BCUT2D eigenvalue weighted by Gasteiger charge is -2.30. The van der Waals surface area contributed by atoms with Crippen molar-refractivity contribution in [2.24, 2.45) is 11.8 Å². The van der Waals surface area contributed by atoms with Gasteiger partial charge in [-0.3, -0.25) is 0 Å². The number of hydrogen-bond acceptors (Lipinski definition) is 0. The van der Waals surface area contributed by atoms with Gasteiger partial charge in [-0.05, 0) is 123 Å². The van der Waals surface area contributed by atoms with E-state index in [1.54, 1.807) is 6.07 Å². The van der Waals surface area contributed by atoms with Crippen LogP contribution in [0.5, 0.6) is 0 Å². The zero-order valence-electron chi connectivity index (χ0n) is 21.0. The fraction of sp³-hybridized carbons (Fsp3) is 0.613. The van der Waals surface area contributed by atoms with Crippen molar-refractivity contribution in [3.63, 3.8) is 0 Å². The lowest BCUT2D eigenvalue weighted by molar-refractivity contribution is 0.301. The summed E-state index contributed by atoms with van der Waals surface area (Å²) in [6, 6.07) is 9.44. The lowest BCUT2D eigenvalue weighted by atomic mass is 9.76. The van der Waals surface area contributed by atoms with Gasteiger partial charge in [0.1, 0.15) is 5.82 Å². The highest BCUT2D eigenvalue weighted by Gasteiger charge is 2.27. The Morgan fingerprint density at radius 1 is 0.676 bits per heavy atom. The molecule has 0 radical (unpaired) electrons. The molecule has 0 nitrogen and oxygen atoms in total. The van der Waals surface area contributed by atoms with Crippen LogP contribution in [-0.4, -0.2) is 0 Å². The topological polar surface area (TPSA) is 0 Å². The van der Waals surface area contributed by atoms with Crippen LogP contribution in [0, 0.1) is 29.3 Å². The Kier molecular flexibility index (Phi) is 8.77. The highest BCUT2D eigenvalue weighted by Crippen LogP contribution is 2.40. The van der Waals surface area contributed by atoms with Crippen molar-refractivity contribution < 1.29 is 13.2 Å². The smallest absolute Gasteiger partial charge is 0.162 e. The average molecular weight is 471 g/mol. The van der Waals surface area contributed by atoms with Gasteiger partial charge in [-0.15, -0.1) is 0 Å². The van der Waals surface area contributed by atoms with Crippen molar-refractivity contribution in [3.05, 3.63) is 70.0 Å². The zero-order valence-corrected chi connectivity index (χ0v) is 21.0. The summed E-state index contributed by atoms with van der Waals surface area (Å²) in [6.45, 7) is 4.20.